The van der Waals surface area contributed by atoms with Crippen molar-refractivity contribution in [3.05, 3.63) is 58.4 Å². The number of aromatic nitrogens is 1. The Kier molecular flexibility index (Phi) is 3.85. The Hall–Kier alpha value is -1.65. The van der Waals surface area contributed by atoms with Crippen LogP contribution in [-0.2, 0) is 0 Å². The molecule has 20 heavy (non-hydrogen) atoms. The monoisotopic (exact) mass is 345 g/mol. The van der Waals surface area contributed by atoms with Gasteiger partial charge in [-0.1, -0.05) is 46.3 Å². The standard InChI is InChI=1S/C16H12BrNOS/c1-19-15-9-5-3-7-12(15)16-18-14(10-20-16)11-6-2-4-8-13(11)17/h2-10H,1H3. The van der Waals surface area contributed by atoms with Crippen LogP contribution in [0.15, 0.2) is 58.4 Å². The SMILES string of the molecule is COc1ccccc1-c1nc(-c2ccccc2Br)cs1. The molecule has 0 spiro atoms. The molecule has 100 valence electrons. The first kappa shape index (κ1) is 13.3. The number of halogens is 1. The van der Waals surface area contributed by atoms with Crippen molar-refractivity contribution in [2.45, 2.75) is 0 Å². The largest absolute Gasteiger partial charge is 0.496 e. The average molecular weight is 346 g/mol. The molecule has 0 aliphatic rings. The Morgan fingerprint density at radius 1 is 1.00 bits per heavy atom. The number of hydrogen-bond acceptors (Lipinski definition) is 3. The summed E-state index contributed by atoms with van der Waals surface area (Å²) in [5.41, 5.74) is 3.10. The summed E-state index contributed by atoms with van der Waals surface area (Å²) in [6.45, 7) is 0. The molecule has 1 aromatic heterocycles. The summed E-state index contributed by atoms with van der Waals surface area (Å²) in [7, 11) is 1.68. The zero-order valence-electron chi connectivity index (χ0n) is 10.8. The van der Waals surface area contributed by atoms with Crippen LogP contribution in [0.1, 0.15) is 0 Å². The van der Waals surface area contributed by atoms with Crippen molar-refractivity contribution >= 4 is 27.3 Å². The summed E-state index contributed by atoms with van der Waals surface area (Å²) in [5, 5.41) is 3.04. The lowest BCUT2D eigenvalue weighted by molar-refractivity contribution is 0.416. The van der Waals surface area contributed by atoms with Gasteiger partial charge >= 0.3 is 0 Å². The molecular formula is C16H12BrNOS. The Morgan fingerprint density at radius 3 is 2.45 bits per heavy atom. The van der Waals surface area contributed by atoms with Gasteiger partial charge in [-0.2, -0.15) is 0 Å². The predicted octanol–water partition coefficient (Wildman–Crippen LogP) is 5.25. The molecule has 0 radical (unpaired) electrons. The molecule has 0 saturated heterocycles. The normalized spacial score (nSPS) is 10.5. The topological polar surface area (TPSA) is 22.1 Å². The van der Waals surface area contributed by atoms with Crippen LogP contribution in [0.2, 0.25) is 0 Å². The summed E-state index contributed by atoms with van der Waals surface area (Å²) >= 11 is 5.19. The molecule has 1 heterocycles. The first-order chi connectivity index (χ1) is 9.79. The zero-order chi connectivity index (χ0) is 13.9. The molecular weight excluding hydrogens is 334 g/mol. The van der Waals surface area contributed by atoms with Crippen LogP contribution < -0.4 is 4.74 Å². The second kappa shape index (κ2) is 5.77. The van der Waals surface area contributed by atoms with Gasteiger partial charge in [-0.25, -0.2) is 4.98 Å². The van der Waals surface area contributed by atoms with Crippen LogP contribution in [0.4, 0.5) is 0 Å². The van der Waals surface area contributed by atoms with Crippen molar-refractivity contribution in [1.82, 2.24) is 4.98 Å². The highest BCUT2D eigenvalue weighted by molar-refractivity contribution is 9.10. The van der Waals surface area contributed by atoms with Crippen molar-refractivity contribution in [2.24, 2.45) is 0 Å². The molecule has 0 saturated carbocycles. The van der Waals surface area contributed by atoms with Gasteiger partial charge in [0.15, 0.2) is 0 Å². The Labute approximate surface area is 130 Å². The number of thiazole rings is 1. The van der Waals surface area contributed by atoms with Crippen molar-refractivity contribution in [2.75, 3.05) is 7.11 Å². The van der Waals surface area contributed by atoms with Crippen LogP contribution >= 0.6 is 27.3 Å². The van der Waals surface area contributed by atoms with Crippen molar-refractivity contribution in [3.8, 4) is 27.6 Å². The third kappa shape index (κ3) is 2.49. The van der Waals surface area contributed by atoms with Crippen LogP contribution in [0.5, 0.6) is 5.75 Å². The van der Waals surface area contributed by atoms with Crippen molar-refractivity contribution in [3.63, 3.8) is 0 Å². The van der Waals surface area contributed by atoms with E-state index in [-0.39, 0.29) is 0 Å². The van der Waals surface area contributed by atoms with E-state index < -0.39 is 0 Å². The lowest BCUT2D eigenvalue weighted by Gasteiger charge is -2.04. The lowest BCUT2D eigenvalue weighted by Crippen LogP contribution is -1.87. The van der Waals surface area contributed by atoms with E-state index in [1.807, 2.05) is 42.5 Å². The van der Waals surface area contributed by atoms with Gasteiger partial charge in [-0.05, 0) is 18.2 Å². The quantitative estimate of drug-likeness (QED) is 0.646. The van der Waals surface area contributed by atoms with Gasteiger partial charge in [-0.15, -0.1) is 11.3 Å². The highest BCUT2D eigenvalue weighted by Gasteiger charge is 2.11. The number of methoxy groups -OCH3 is 1. The molecule has 3 rings (SSSR count). The summed E-state index contributed by atoms with van der Waals surface area (Å²) in [5.74, 6) is 0.848. The Morgan fingerprint density at radius 2 is 1.70 bits per heavy atom. The van der Waals surface area contributed by atoms with E-state index in [0.717, 1.165) is 32.1 Å². The van der Waals surface area contributed by atoms with E-state index in [1.165, 1.54) is 0 Å². The van der Waals surface area contributed by atoms with Gasteiger partial charge in [0.1, 0.15) is 10.8 Å². The van der Waals surface area contributed by atoms with Crippen LogP contribution in [0.3, 0.4) is 0 Å². The minimum atomic E-state index is 0.848. The first-order valence-electron chi connectivity index (χ1n) is 6.13. The number of nitrogens with zero attached hydrogens (tertiary/aromatic N) is 1. The van der Waals surface area contributed by atoms with E-state index in [9.17, 15) is 0 Å². The highest BCUT2D eigenvalue weighted by atomic mass is 79.9. The fourth-order valence-electron chi connectivity index (χ4n) is 2.01. The average Bonchev–Trinajstić information content (AvgIpc) is 2.97. The van der Waals surface area contributed by atoms with Gasteiger partial charge in [0.2, 0.25) is 0 Å². The molecule has 0 fully saturated rings. The van der Waals surface area contributed by atoms with E-state index in [0.29, 0.717) is 0 Å². The van der Waals surface area contributed by atoms with Gasteiger partial charge in [0.25, 0.3) is 0 Å². The first-order valence-corrected chi connectivity index (χ1v) is 7.80. The fourth-order valence-corrected chi connectivity index (χ4v) is 3.35. The lowest BCUT2D eigenvalue weighted by atomic mass is 10.2. The van der Waals surface area contributed by atoms with Crippen LogP contribution in [0.25, 0.3) is 21.8 Å². The predicted molar refractivity (Wildman–Crippen MR) is 87.2 cm³/mol. The maximum atomic E-state index is 5.40. The van der Waals surface area contributed by atoms with Gasteiger partial charge in [-0.3, -0.25) is 0 Å². The van der Waals surface area contributed by atoms with Crippen molar-refractivity contribution < 1.29 is 4.74 Å². The summed E-state index contributed by atoms with van der Waals surface area (Å²) < 4.78 is 6.45. The minimum absolute atomic E-state index is 0.848. The summed E-state index contributed by atoms with van der Waals surface area (Å²) in [4.78, 5) is 4.73. The number of benzene rings is 2. The maximum Gasteiger partial charge on any atom is 0.129 e. The molecule has 0 bridgehead atoms. The molecule has 0 atom stereocenters. The number of ether oxygens (including phenoxy) is 1. The van der Waals surface area contributed by atoms with E-state index in [2.05, 4.69) is 27.4 Å². The second-order valence-electron chi connectivity index (χ2n) is 4.22. The summed E-state index contributed by atoms with van der Waals surface area (Å²) in [6.07, 6.45) is 0. The zero-order valence-corrected chi connectivity index (χ0v) is 13.2. The van der Waals surface area contributed by atoms with E-state index in [1.54, 1.807) is 18.4 Å². The fraction of sp³-hybridized carbons (Fsp3) is 0.0625. The molecule has 3 aromatic rings. The number of para-hydroxylation sites is 1. The van der Waals surface area contributed by atoms with Gasteiger partial charge in [0, 0.05) is 15.4 Å². The molecule has 2 aromatic carbocycles. The van der Waals surface area contributed by atoms with Crippen molar-refractivity contribution in [1.29, 1.82) is 0 Å². The maximum absolute atomic E-state index is 5.40. The highest BCUT2D eigenvalue weighted by Crippen LogP contribution is 2.36. The molecule has 0 aliphatic carbocycles. The van der Waals surface area contributed by atoms with Crippen LogP contribution in [-0.4, -0.2) is 12.1 Å². The number of hydrogen-bond donors (Lipinski definition) is 0. The molecule has 0 N–H and O–H groups in total. The molecule has 2 nitrogen and oxygen atoms in total. The Balaban J connectivity index is 2.05. The molecule has 0 unspecified atom stereocenters. The smallest absolute Gasteiger partial charge is 0.129 e. The third-order valence-corrected chi connectivity index (χ3v) is 4.56. The third-order valence-electron chi connectivity index (χ3n) is 2.99. The molecule has 0 amide bonds. The Bertz CT molecular complexity index is 739. The second-order valence-corrected chi connectivity index (χ2v) is 5.93. The van der Waals surface area contributed by atoms with E-state index >= 15 is 0 Å². The molecule has 4 heteroatoms. The molecule has 0 aliphatic heterocycles. The summed E-state index contributed by atoms with van der Waals surface area (Å²) in [6, 6.07) is 16.0. The van der Waals surface area contributed by atoms with E-state index in [4.69, 9.17) is 9.72 Å². The minimum Gasteiger partial charge on any atom is -0.496 e. The van der Waals surface area contributed by atoms with Gasteiger partial charge in [0.05, 0.1) is 18.4 Å². The van der Waals surface area contributed by atoms with Crippen LogP contribution in [0, 0.1) is 0 Å². The van der Waals surface area contributed by atoms with Gasteiger partial charge < -0.3 is 4.74 Å². The number of rotatable bonds is 3.